The molecular formula is C16H22BrNO. The Labute approximate surface area is 124 Å². The highest BCUT2D eigenvalue weighted by molar-refractivity contribution is 9.10. The summed E-state index contributed by atoms with van der Waals surface area (Å²) in [5, 5.41) is 3.62. The van der Waals surface area contributed by atoms with Crippen LogP contribution in [0.25, 0.3) is 0 Å². The summed E-state index contributed by atoms with van der Waals surface area (Å²) < 4.78 is 7.47. The zero-order valence-corrected chi connectivity index (χ0v) is 13.3. The maximum absolute atomic E-state index is 6.34. The van der Waals surface area contributed by atoms with E-state index in [2.05, 4.69) is 53.3 Å². The molecule has 2 aliphatic rings. The number of nitrogens with one attached hydrogen (secondary N) is 1. The minimum atomic E-state index is -0.00513. The van der Waals surface area contributed by atoms with E-state index in [9.17, 15) is 0 Å². The number of halogens is 1. The zero-order valence-electron chi connectivity index (χ0n) is 11.7. The van der Waals surface area contributed by atoms with E-state index in [4.69, 9.17) is 4.74 Å². The van der Waals surface area contributed by atoms with Gasteiger partial charge in [0.2, 0.25) is 0 Å². The molecule has 1 N–H and O–H groups in total. The van der Waals surface area contributed by atoms with E-state index in [1.165, 1.54) is 24.8 Å². The Morgan fingerprint density at radius 2 is 2.21 bits per heavy atom. The average molecular weight is 324 g/mol. The van der Waals surface area contributed by atoms with Gasteiger partial charge in [-0.2, -0.15) is 0 Å². The summed E-state index contributed by atoms with van der Waals surface area (Å²) in [6.45, 7) is 5.45. The molecule has 2 atom stereocenters. The van der Waals surface area contributed by atoms with Crippen molar-refractivity contribution in [3.05, 3.63) is 28.2 Å². The number of benzene rings is 1. The van der Waals surface area contributed by atoms with E-state index < -0.39 is 0 Å². The molecule has 1 aliphatic carbocycles. The summed E-state index contributed by atoms with van der Waals surface area (Å²) in [4.78, 5) is 0. The molecule has 2 unspecified atom stereocenters. The van der Waals surface area contributed by atoms with Crippen LogP contribution >= 0.6 is 15.9 Å². The second-order valence-electron chi connectivity index (χ2n) is 6.20. The molecule has 3 heteroatoms. The van der Waals surface area contributed by atoms with Crippen molar-refractivity contribution in [2.75, 3.05) is 6.54 Å². The molecule has 1 aromatic carbocycles. The molecule has 0 saturated heterocycles. The number of hydrogen-bond acceptors (Lipinski definition) is 2. The van der Waals surface area contributed by atoms with E-state index in [-0.39, 0.29) is 5.60 Å². The fourth-order valence-corrected chi connectivity index (χ4v) is 3.60. The highest BCUT2D eigenvalue weighted by Crippen LogP contribution is 2.46. The van der Waals surface area contributed by atoms with Crippen molar-refractivity contribution in [3.63, 3.8) is 0 Å². The van der Waals surface area contributed by atoms with Gasteiger partial charge in [-0.25, -0.2) is 0 Å². The Bertz CT molecular complexity index is 472. The molecule has 1 aromatic rings. The number of hydrogen-bond donors (Lipinski definition) is 1. The van der Waals surface area contributed by atoms with Crippen LogP contribution in [0.4, 0.5) is 0 Å². The number of ether oxygens (including phenoxy) is 1. The van der Waals surface area contributed by atoms with Gasteiger partial charge in [0.15, 0.2) is 0 Å². The first-order chi connectivity index (χ1) is 9.09. The molecule has 1 saturated carbocycles. The van der Waals surface area contributed by atoms with Gasteiger partial charge in [0.1, 0.15) is 11.4 Å². The van der Waals surface area contributed by atoms with Crippen LogP contribution in [-0.4, -0.2) is 12.1 Å². The summed E-state index contributed by atoms with van der Waals surface area (Å²) in [5.41, 5.74) is 1.29. The Balaban J connectivity index is 1.89. The lowest BCUT2D eigenvalue weighted by molar-refractivity contribution is 0.0348. The van der Waals surface area contributed by atoms with Crippen molar-refractivity contribution in [2.45, 2.75) is 51.2 Å². The standard InChI is InChI=1S/C16H22BrNO/c1-3-18-14-10-16(2,9-11-4-5-11)19-15-7-6-12(17)8-13(14)15/h6-8,11,14,18H,3-5,9-10H2,1-2H3. The van der Waals surface area contributed by atoms with E-state index >= 15 is 0 Å². The normalized spacial score (nSPS) is 29.7. The first kappa shape index (κ1) is 13.4. The summed E-state index contributed by atoms with van der Waals surface area (Å²) >= 11 is 3.56. The second-order valence-corrected chi connectivity index (χ2v) is 7.11. The second kappa shape index (κ2) is 5.10. The molecule has 0 bridgehead atoms. The third-order valence-corrected chi connectivity index (χ3v) is 4.70. The maximum atomic E-state index is 6.34. The van der Waals surface area contributed by atoms with E-state index in [1.54, 1.807) is 0 Å². The van der Waals surface area contributed by atoms with E-state index in [0.717, 1.165) is 29.1 Å². The van der Waals surface area contributed by atoms with Crippen molar-refractivity contribution < 1.29 is 4.74 Å². The lowest BCUT2D eigenvalue weighted by atomic mass is 9.85. The summed E-state index contributed by atoms with van der Waals surface area (Å²) in [6.07, 6.45) is 5.04. The van der Waals surface area contributed by atoms with Gasteiger partial charge in [-0.15, -0.1) is 0 Å². The SMILES string of the molecule is CCNC1CC(C)(CC2CC2)Oc2ccc(Br)cc21. The summed E-state index contributed by atoms with van der Waals surface area (Å²) in [7, 11) is 0. The Morgan fingerprint density at radius 1 is 1.42 bits per heavy atom. The van der Waals surface area contributed by atoms with Gasteiger partial charge < -0.3 is 10.1 Å². The van der Waals surface area contributed by atoms with E-state index in [0.29, 0.717) is 6.04 Å². The minimum Gasteiger partial charge on any atom is -0.487 e. The first-order valence-electron chi connectivity index (χ1n) is 7.31. The van der Waals surface area contributed by atoms with Gasteiger partial charge in [0.25, 0.3) is 0 Å². The third-order valence-electron chi connectivity index (χ3n) is 4.21. The molecule has 0 aromatic heterocycles. The topological polar surface area (TPSA) is 21.3 Å². The van der Waals surface area contributed by atoms with Crippen LogP contribution < -0.4 is 10.1 Å². The van der Waals surface area contributed by atoms with Gasteiger partial charge in [0.05, 0.1) is 0 Å². The third kappa shape index (κ3) is 2.97. The summed E-state index contributed by atoms with van der Waals surface area (Å²) in [5.74, 6) is 1.95. The molecule has 0 amide bonds. The van der Waals surface area contributed by atoms with Crippen LogP contribution in [0.15, 0.2) is 22.7 Å². The Hall–Kier alpha value is -0.540. The molecule has 1 aliphatic heterocycles. The lowest BCUT2D eigenvalue weighted by Crippen LogP contribution is -2.42. The van der Waals surface area contributed by atoms with Gasteiger partial charge in [-0.1, -0.05) is 35.7 Å². The fraction of sp³-hybridized carbons (Fsp3) is 0.625. The Kier molecular flexibility index (Phi) is 3.61. The predicted octanol–water partition coefficient (Wildman–Crippen LogP) is 4.44. The maximum Gasteiger partial charge on any atom is 0.124 e. The molecule has 104 valence electrons. The number of rotatable bonds is 4. The van der Waals surface area contributed by atoms with Crippen molar-refractivity contribution in [1.29, 1.82) is 0 Å². The van der Waals surface area contributed by atoms with E-state index in [1.807, 2.05) is 0 Å². The lowest BCUT2D eigenvalue weighted by Gasteiger charge is -2.40. The van der Waals surface area contributed by atoms with Crippen molar-refractivity contribution in [3.8, 4) is 5.75 Å². The monoisotopic (exact) mass is 323 g/mol. The van der Waals surface area contributed by atoms with Crippen LogP contribution in [0.1, 0.15) is 51.1 Å². The minimum absolute atomic E-state index is 0.00513. The molecule has 0 radical (unpaired) electrons. The van der Waals surface area contributed by atoms with Gasteiger partial charge in [-0.3, -0.25) is 0 Å². The summed E-state index contributed by atoms with van der Waals surface area (Å²) in [6, 6.07) is 6.79. The molecule has 3 rings (SSSR count). The highest BCUT2D eigenvalue weighted by atomic mass is 79.9. The van der Waals surface area contributed by atoms with Crippen LogP contribution in [0.3, 0.4) is 0 Å². The molecule has 0 spiro atoms. The average Bonchev–Trinajstić information content (AvgIpc) is 3.14. The smallest absolute Gasteiger partial charge is 0.124 e. The van der Waals surface area contributed by atoms with Crippen LogP contribution in [0.2, 0.25) is 0 Å². The molecule has 19 heavy (non-hydrogen) atoms. The van der Waals surface area contributed by atoms with Gasteiger partial charge >= 0.3 is 0 Å². The molecular weight excluding hydrogens is 302 g/mol. The van der Waals surface area contributed by atoms with Crippen molar-refractivity contribution in [2.24, 2.45) is 5.92 Å². The number of fused-ring (bicyclic) bond motifs is 1. The van der Waals surface area contributed by atoms with Gasteiger partial charge in [0, 0.05) is 22.5 Å². The largest absolute Gasteiger partial charge is 0.487 e. The molecule has 2 nitrogen and oxygen atoms in total. The fourth-order valence-electron chi connectivity index (χ4n) is 3.22. The molecule has 1 fully saturated rings. The van der Waals surface area contributed by atoms with Crippen LogP contribution in [-0.2, 0) is 0 Å². The van der Waals surface area contributed by atoms with Crippen LogP contribution in [0.5, 0.6) is 5.75 Å². The van der Waals surface area contributed by atoms with Crippen molar-refractivity contribution >= 4 is 15.9 Å². The predicted molar refractivity (Wildman–Crippen MR) is 81.6 cm³/mol. The van der Waals surface area contributed by atoms with Crippen LogP contribution in [0, 0.1) is 5.92 Å². The molecule has 1 heterocycles. The highest BCUT2D eigenvalue weighted by Gasteiger charge is 2.41. The Morgan fingerprint density at radius 3 is 2.89 bits per heavy atom. The van der Waals surface area contributed by atoms with Crippen molar-refractivity contribution in [1.82, 2.24) is 5.32 Å². The first-order valence-corrected chi connectivity index (χ1v) is 8.11. The quantitative estimate of drug-likeness (QED) is 0.884. The van der Waals surface area contributed by atoms with Gasteiger partial charge in [-0.05, 0) is 44.0 Å². The zero-order chi connectivity index (χ0) is 13.5.